The number of nitrogens with zero attached hydrogens (tertiary/aromatic N) is 3. The van der Waals surface area contributed by atoms with E-state index in [9.17, 15) is 12.8 Å². The Hall–Kier alpha value is -2.29. The topological polar surface area (TPSA) is 53.5 Å². The molecule has 2 aromatic carbocycles. The van der Waals surface area contributed by atoms with Crippen LogP contribution in [0.3, 0.4) is 0 Å². The van der Waals surface area contributed by atoms with Gasteiger partial charge in [0.15, 0.2) is 5.13 Å². The molecule has 1 aliphatic heterocycles. The molecule has 4 rings (SSSR count). The molecule has 158 valence electrons. The monoisotopic (exact) mass is 445 g/mol. The van der Waals surface area contributed by atoms with Crippen LogP contribution in [-0.2, 0) is 10.0 Å². The number of halogens is 1. The van der Waals surface area contributed by atoms with Gasteiger partial charge in [-0.1, -0.05) is 23.3 Å². The molecule has 0 bridgehead atoms. The predicted octanol–water partition coefficient (Wildman–Crippen LogP) is 4.39. The molecule has 8 heteroatoms. The maximum absolute atomic E-state index is 13.6. The zero-order valence-corrected chi connectivity index (χ0v) is 18.9. The van der Waals surface area contributed by atoms with Crippen LogP contribution in [0.2, 0.25) is 0 Å². The van der Waals surface area contributed by atoms with Gasteiger partial charge in [0.1, 0.15) is 5.82 Å². The molecule has 0 saturated carbocycles. The van der Waals surface area contributed by atoms with Crippen molar-refractivity contribution in [3.8, 4) is 11.3 Å². The molecule has 1 fully saturated rings. The van der Waals surface area contributed by atoms with Gasteiger partial charge < -0.3 is 4.90 Å². The number of benzene rings is 2. The molecule has 0 N–H and O–H groups in total. The summed E-state index contributed by atoms with van der Waals surface area (Å²) in [5.74, 6) is -0.542. The Bertz CT molecular complexity index is 1160. The third-order valence-corrected chi connectivity index (χ3v) is 8.23. The van der Waals surface area contributed by atoms with E-state index in [1.54, 1.807) is 18.3 Å². The van der Waals surface area contributed by atoms with Crippen LogP contribution in [0.5, 0.6) is 0 Å². The molecule has 0 radical (unpaired) electrons. The summed E-state index contributed by atoms with van der Waals surface area (Å²) >= 11 is 1.57. The number of rotatable bonds is 4. The lowest BCUT2D eigenvalue weighted by atomic mass is 10.1. The maximum atomic E-state index is 13.6. The number of thiazole rings is 1. The highest BCUT2D eigenvalue weighted by molar-refractivity contribution is 7.89. The summed E-state index contributed by atoms with van der Waals surface area (Å²) < 4.78 is 41.0. The first kappa shape index (κ1) is 21.0. The summed E-state index contributed by atoms with van der Waals surface area (Å²) in [5.41, 5.74) is 4.99. The fourth-order valence-corrected chi connectivity index (χ4v) is 6.32. The molecule has 0 unspecified atom stereocenters. The lowest BCUT2D eigenvalue weighted by Gasteiger charge is -2.34. The van der Waals surface area contributed by atoms with Crippen LogP contribution in [0.4, 0.5) is 9.52 Å². The summed E-state index contributed by atoms with van der Waals surface area (Å²) in [5, 5.41) is 2.94. The largest absolute Gasteiger partial charge is 0.345 e. The van der Waals surface area contributed by atoms with Crippen molar-refractivity contribution in [1.29, 1.82) is 0 Å². The average molecular weight is 446 g/mol. The molecule has 2 heterocycles. The minimum absolute atomic E-state index is 0.0438. The van der Waals surface area contributed by atoms with Crippen molar-refractivity contribution in [1.82, 2.24) is 9.29 Å². The van der Waals surface area contributed by atoms with E-state index in [-0.39, 0.29) is 4.90 Å². The number of piperazine rings is 1. The van der Waals surface area contributed by atoms with Gasteiger partial charge in [-0.2, -0.15) is 4.31 Å². The fraction of sp³-hybridized carbons (Fsp3) is 0.318. The van der Waals surface area contributed by atoms with Crippen molar-refractivity contribution >= 4 is 26.5 Å². The Morgan fingerprint density at radius 2 is 1.63 bits per heavy atom. The first-order chi connectivity index (χ1) is 14.2. The number of hydrogen-bond donors (Lipinski definition) is 0. The van der Waals surface area contributed by atoms with E-state index < -0.39 is 15.8 Å². The van der Waals surface area contributed by atoms with Crippen molar-refractivity contribution in [2.24, 2.45) is 0 Å². The first-order valence-electron chi connectivity index (χ1n) is 9.79. The smallest absolute Gasteiger partial charge is 0.243 e. The molecule has 1 saturated heterocycles. The van der Waals surface area contributed by atoms with Crippen LogP contribution < -0.4 is 4.90 Å². The molecule has 0 spiro atoms. The lowest BCUT2D eigenvalue weighted by Crippen LogP contribution is -2.48. The zero-order chi connectivity index (χ0) is 21.5. The Labute approximate surface area is 180 Å². The number of anilines is 1. The molecule has 0 amide bonds. The third kappa shape index (κ3) is 4.12. The van der Waals surface area contributed by atoms with Crippen molar-refractivity contribution in [3.63, 3.8) is 0 Å². The average Bonchev–Trinajstić information content (AvgIpc) is 3.19. The second-order valence-electron chi connectivity index (χ2n) is 7.69. The van der Waals surface area contributed by atoms with Crippen molar-refractivity contribution in [2.75, 3.05) is 31.1 Å². The second-order valence-corrected chi connectivity index (χ2v) is 10.4. The zero-order valence-electron chi connectivity index (χ0n) is 17.2. The molecule has 5 nitrogen and oxygen atoms in total. The van der Waals surface area contributed by atoms with Crippen molar-refractivity contribution in [3.05, 3.63) is 64.3 Å². The van der Waals surface area contributed by atoms with Gasteiger partial charge in [-0.25, -0.2) is 17.8 Å². The molecule has 30 heavy (non-hydrogen) atoms. The standard InChI is InChI=1S/C22H24FN3O2S2/c1-15-10-16(2)12-18(11-15)20-14-29-22(24-20)25-6-8-26(9-7-25)30(27,28)21-13-19(23)5-4-17(21)3/h4-5,10-14H,6-9H2,1-3H3. The van der Waals surface area contributed by atoms with Crippen LogP contribution in [0, 0.1) is 26.6 Å². The Balaban J connectivity index is 1.49. The SMILES string of the molecule is Cc1cc(C)cc(-c2csc(N3CCN(S(=O)(=O)c4cc(F)ccc4C)CC3)n2)c1. The summed E-state index contributed by atoms with van der Waals surface area (Å²) in [4.78, 5) is 6.94. The minimum Gasteiger partial charge on any atom is -0.345 e. The van der Waals surface area contributed by atoms with Gasteiger partial charge in [0.2, 0.25) is 10.0 Å². The van der Waals surface area contributed by atoms with Gasteiger partial charge in [0.25, 0.3) is 0 Å². The summed E-state index contributed by atoms with van der Waals surface area (Å²) in [7, 11) is -3.72. The molecule has 0 atom stereocenters. The van der Waals surface area contributed by atoms with Gasteiger partial charge in [-0.15, -0.1) is 11.3 Å². The molecule has 3 aromatic rings. The number of hydrogen-bond acceptors (Lipinski definition) is 5. The highest BCUT2D eigenvalue weighted by Crippen LogP contribution is 2.30. The number of aromatic nitrogens is 1. The van der Waals surface area contributed by atoms with Gasteiger partial charge in [0, 0.05) is 37.1 Å². The quantitative estimate of drug-likeness (QED) is 0.598. The van der Waals surface area contributed by atoms with Crippen LogP contribution in [0.15, 0.2) is 46.7 Å². The molecule has 0 aliphatic carbocycles. The Morgan fingerprint density at radius 1 is 0.967 bits per heavy atom. The van der Waals surface area contributed by atoms with Gasteiger partial charge in [0.05, 0.1) is 10.6 Å². The van der Waals surface area contributed by atoms with Gasteiger partial charge >= 0.3 is 0 Å². The van der Waals surface area contributed by atoms with Crippen LogP contribution in [-0.4, -0.2) is 43.9 Å². The third-order valence-electron chi connectivity index (χ3n) is 5.29. The van der Waals surface area contributed by atoms with E-state index in [0.29, 0.717) is 31.7 Å². The summed E-state index contributed by atoms with van der Waals surface area (Å²) in [6, 6.07) is 10.3. The minimum atomic E-state index is -3.72. The van der Waals surface area contributed by atoms with Crippen LogP contribution in [0.1, 0.15) is 16.7 Å². The summed E-state index contributed by atoms with van der Waals surface area (Å²) in [6.07, 6.45) is 0. The van der Waals surface area contributed by atoms with E-state index in [4.69, 9.17) is 4.98 Å². The molecule has 1 aromatic heterocycles. The second kappa shape index (κ2) is 8.09. The van der Waals surface area contributed by atoms with Crippen molar-refractivity contribution < 1.29 is 12.8 Å². The van der Waals surface area contributed by atoms with Gasteiger partial charge in [-0.05, 0) is 50.6 Å². The van der Waals surface area contributed by atoms with Crippen LogP contribution >= 0.6 is 11.3 Å². The van der Waals surface area contributed by atoms with Crippen molar-refractivity contribution in [2.45, 2.75) is 25.7 Å². The van der Waals surface area contributed by atoms with E-state index >= 15 is 0 Å². The number of aryl methyl sites for hydroxylation is 3. The normalized spacial score (nSPS) is 15.5. The Morgan fingerprint density at radius 3 is 2.30 bits per heavy atom. The van der Waals surface area contributed by atoms with E-state index in [1.165, 1.54) is 27.6 Å². The van der Waals surface area contributed by atoms with E-state index in [1.807, 2.05) is 5.38 Å². The lowest BCUT2D eigenvalue weighted by molar-refractivity contribution is 0.384. The molecular weight excluding hydrogens is 421 g/mol. The highest BCUT2D eigenvalue weighted by atomic mass is 32.2. The fourth-order valence-electron chi connectivity index (χ4n) is 3.78. The number of sulfonamides is 1. The predicted molar refractivity (Wildman–Crippen MR) is 119 cm³/mol. The molecule has 1 aliphatic rings. The first-order valence-corrected chi connectivity index (χ1v) is 12.1. The summed E-state index contributed by atoms with van der Waals surface area (Å²) in [6.45, 7) is 7.62. The van der Waals surface area contributed by atoms with Crippen LogP contribution in [0.25, 0.3) is 11.3 Å². The van der Waals surface area contributed by atoms with Gasteiger partial charge in [-0.3, -0.25) is 0 Å². The molecular formula is C22H24FN3O2S2. The van der Waals surface area contributed by atoms with E-state index in [0.717, 1.165) is 22.5 Å². The highest BCUT2D eigenvalue weighted by Gasteiger charge is 2.30. The Kier molecular flexibility index (Phi) is 5.65. The maximum Gasteiger partial charge on any atom is 0.243 e. The van der Waals surface area contributed by atoms with E-state index in [2.05, 4.69) is 36.9 Å².